The maximum atomic E-state index is 11.1. The summed E-state index contributed by atoms with van der Waals surface area (Å²) in [6.07, 6.45) is 3.30. The number of nitrogens with one attached hydrogen (secondary N) is 1. The zero-order chi connectivity index (χ0) is 10.3. The summed E-state index contributed by atoms with van der Waals surface area (Å²) in [5.41, 5.74) is 0. The number of methoxy groups -OCH3 is 1. The lowest BCUT2D eigenvalue weighted by Crippen LogP contribution is -2.41. The Hall–Kier alpha value is -0.570. The number of carbonyl (C=O) groups excluding carboxylic acids is 1. The summed E-state index contributed by atoms with van der Waals surface area (Å²) in [6, 6.07) is 0.237. The first-order chi connectivity index (χ1) is 6.15. The molecule has 0 aliphatic rings. The highest BCUT2D eigenvalue weighted by atomic mass is 16.5. The van der Waals surface area contributed by atoms with Crippen molar-refractivity contribution in [1.82, 2.24) is 5.32 Å². The van der Waals surface area contributed by atoms with Crippen LogP contribution in [-0.4, -0.2) is 25.2 Å². The molecule has 0 heterocycles. The van der Waals surface area contributed by atoms with Crippen molar-refractivity contribution in [1.29, 1.82) is 0 Å². The van der Waals surface area contributed by atoms with Gasteiger partial charge in [-0.15, -0.1) is 0 Å². The Labute approximate surface area is 80.8 Å². The van der Waals surface area contributed by atoms with Gasteiger partial charge >= 0.3 is 5.97 Å². The van der Waals surface area contributed by atoms with Crippen LogP contribution in [0.25, 0.3) is 0 Å². The van der Waals surface area contributed by atoms with E-state index in [9.17, 15) is 4.79 Å². The number of hydrogen-bond acceptors (Lipinski definition) is 3. The van der Waals surface area contributed by atoms with Crippen LogP contribution in [0.2, 0.25) is 0 Å². The van der Waals surface area contributed by atoms with E-state index in [0.29, 0.717) is 6.04 Å². The molecule has 0 aliphatic carbocycles. The molecule has 0 bridgehead atoms. The van der Waals surface area contributed by atoms with E-state index in [1.807, 2.05) is 6.92 Å². The molecule has 2 unspecified atom stereocenters. The van der Waals surface area contributed by atoms with Gasteiger partial charge in [-0.25, -0.2) is 0 Å². The van der Waals surface area contributed by atoms with E-state index in [1.165, 1.54) is 7.11 Å². The van der Waals surface area contributed by atoms with Crippen LogP contribution in [0.15, 0.2) is 0 Å². The topological polar surface area (TPSA) is 38.3 Å². The highest BCUT2D eigenvalue weighted by Crippen LogP contribution is 2.02. The Bertz CT molecular complexity index is 148. The Morgan fingerprint density at radius 1 is 1.46 bits per heavy atom. The second-order valence-electron chi connectivity index (χ2n) is 3.31. The molecular weight excluding hydrogens is 166 g/mol. The van der Waals surface area contributed by atoms with Gasteiger partial charge in [-0.05, 0) is 19.8 Å². The first-order valence-electron chi connectivity index (χ1n) is 4.99. The highest BCUT2D eigenvalue weighted by Gasteiger charge is 2.16. The van der Waals surface area contributed by atoms with Gasteiger partial charge in [0.05, 0.1) is 7.11 Å². The lowest BCUT2D eigenvalue weighted by Gasteiger charge is -2.19. The third kappa shape index (κ3) is 4.88. The molecule has 13 heavy (non-hydrogen) atoms. The zero-order valence-corrected chi connectivity index (χ0v) is 9.09. The van der Waals surface area contributed by atoms with Crippen LogP contribution in [0.5, 0.6) is 0 Å². The fraction of sp³-hybridized carbons (Fsp3) is 0.900. The summed E-state index contributed by atoms with van der Waals surface area (Å²) in [5.74, 6) is -0.186. The molecule has 0 rings (SSSR count). The smallest absolute Gasteiger partial charge is 0.322 e. The quantitative estimate of drug-likeness (QED) is 0.643. The van der Waals surface area contributed by atoms with Gasteiger partial charge in [0.25, 0.3) is 0 Å². The SMILES string of the molecule is CCCC(CC)NC(C)C(=O)OC. The van der Waals surface area contributed by atoms with Crippen molar-refractivity contribution in [2.45, 2.75) is 52.1 Å². The molecule has 0 aliphatic heterocycles. The van der Waals surface area contributed by atoms with Crippen LogP contribution in [0.3, 0.4) is 0 Å². The molecule has 78 valence electrons. The first-order valence-corrected chi connectivity index (χ1v) is 4.99. The largest absolute Gasteiger partial charge is 0.468 e. The summed E-state index contributed by atoms with van der Waals surface area (Å²) >= 11 is 0. The Kier molecular flexibility index (Phi) is 6.59. The molecular formula is C10H21NO2. The molecule has 3 nitrogen and oxygen atoms in total. The van der Waals surface area contributed by atoms with Crippen LogP contribution in [0.1, 0.15) is 40.0 Å². The van der Waals surface area contributed by atoms with E-state index in [4.69, 9.17) is 0 Å². The average Bonchev–Trinajstić information content (AvgIpc) is 2.15. The second-order valence-corrected chi connectivity index (χ2v) is 3.31. The normalized spacial score (nSPS) is 15.1. The monoisotopic (exact) mass is 187 g/mol. The first kappa shape index (κ1) is 12.4. The molecule has 0 aromatic rings. The van der Waals surface area contributed by atoms with Crippen LogP contribution in [0.4, 0.5) is 0 Å². The fourth-order valence-corrected chi connectivity index (χ4v) is 1.35. The lowest BCUT2D eigenvalue weighted by atomic mass is 10.1. The molecule has 0 saturated carbocycles. The van der Waals surface area contributed by atoms with E-state index >= 15 is 0 Å². The Morgan fingerprint density at radius 3 is 2.46 bits per heavy atom. The van der Waals surface area contributed by atoms with Crippen molar-refractivity contribution < 1.29 is 9.53 Å². The van der Waals surface area contributed by atoms with E-state index in [-0.39, 0.29) is 12.0 Å². The van der Waals surface area contributed by atoms with Crippen LogP contribution in [0, 0.1) is 0 Å². The lowest BCUT2D eigenvalue weighted by molar-refractivity contribution is -0.142. The minimum atomic E-state index is -0.193. The van der Waals surface area contributed by atoms with E-state index in [1.54, 1.807) is 0 Å². The molecule has 0 saturated heterocycles. The second kappa shape index (κ2) is 6.89. The van der Waals surface area contributed by atoms with Crippen molar-refractivity contribution >= 4 is 5.97 Å². The van der Waals surface area contributed by atoms with Gasteiger partial charge in [0.1, 0.15) is 6.04 Å². The summed E-state index contributed by atoms with van der Waals surface area (Å²) in [6.45, 7) is 6.11. The van der Waals surface area contributed by atoms with Crippen molar-refractivity contribution in [3.8, 4) is 0 Å². The minimum Gasteiger partial charge on any atom is -0.468 e. The Balaban J connectivity index is 3.85. The highest BCUT2D eigenvalue weighted by molar-refractivity contribution is 5.75. The third-order valence-electron chi connectivity index (χ3n) is 2.17. The molecule has 0 amide bonds. The fourth-order valence-electron chi connectivity index (χ4n) is 1.35. The molecule has 0 aromatic heterocycles. The van der Waals surface area contributed by atoms with Gasteiger partial charge < -0.3 is 10.1 Å². The molecule has 0 fully saturated rings. The molecule has 2 atom stereocenters. The van der Waals surface area contributed by atoms with Crippen LogP contribution < -0.4 is 5.32 Å². The maximum Gasteiger partial charge on any atom is 0.322 e. The van der Waals surface area contributed by atoms with Gasteiger partial charge in [0.15, 0.2) is 0 Å². The van der Waals surface area contributed by atoms with E-state index in [2.05, 4.69) is 23.9 Å². The summed E-state index contributed by atoms with van der Waals surface area (Å²) in [4.78, 5) is 11.1. The number of ether oxygens (including phenoxy) is 1. The van der Waals surface area contributed by atoms with Crippen molar-refractivity contribution in [3.05, 3.63) is 0 Å². The zero-order valence-electron chi connectivity index (χ0n) is 9.09. The predicted molar refractivity (Wildman–Crippen MR) is 53.6 cm³/mol. The molecule has 1 N–H and O–H groups in total. The summed E-state index contributed by atoms with van der Waals surface area (Å²) in [7, 11) is 1.42. The molecule has 0 radical (unpaired) electrons. The number of esters is 1. The molecule has 0 spiro atoms. The third-order valence-corrected chi connectivity index (χ3v) is 2.17. The van der Waals surface area contributed by atoms with Gasteiger partial charge in [0, 0.05) is 6.04 Å². The minimum absolute atomic E-state index is 0.186. The van der Waals surface area contributed by atoms with Gasteiger partial charge in [0.2, 0.25) is 0 Å². The van der Waals surface area contributed by atoms with Gasteiger partial charge in [-0.2, -0.15) is 0 Å². The summed E-state index contributed by atoms with van der Waals surface area (Å²) < 4.78 is 4.63. The van der Waals surface area contributed by atoms with E-state index < -0.39 is 0 Å². The van der Waals surface area contributed by atoms with Crippen LogP contribution in [-0.2, 0) is 9.53 Å². The van der Waals surface area contributed by atoms with Crippen molar-refractivity contribution in [2.75, 3.05) is 7.11 Å². The van der Waals surface area contributed by atoms with E-state index in [0.717, 1.165) is 19.3 Å². The summed E-state index contributed by atoms with van der Waals surface area (Å²) in [5, 5.41) is 3.24. The molecule has 0 aromatic carbocycles. The Morgan fingerprint density at radius 2 is 2.08 bits per heavy atom. The predicted octanol–water partition coefficient (Wildman–Crippen LogP) is 1.72. The van der Waals surface area contributed by atoms with Gasteiger partial charge in [-0.1, -0.05) is 20.3 Å². The van der Waals surface area contributed by atoms with Gasteiger partial charge in [-0.3, -0.25) is 4.79 Å². The van der Waals surface area contributed by atoms with Crippen molar-refractivity contribution in [3.63, 3.8) is 0 Å². The van der Waals surface area contributed by atoms with Crippen LogP contribution >= 0.6 is 0 Å². The maximum absolute atomic E-state index is 11.1. The number of rotatable bonds is 6. The number of carbonyl (C=O) groups is 1. The number of hydrogen-bond donors (Lipinski definition) is 1. The van der Waals surface area contributed by atoms with Crippen molar-refractivity contribution in [2.24, 2.45) is 0 Å². The standard InChI is InChI=1S/C10H21NO2/c1-5-7-9(6-2)11-8(3)10(12)13-4/h8-9,11H,5-7H2,1-4H3. The average molecular weight is 187 g/mol. The molecule has 3 heteroatoms.